The minimum Gasteiger partial charge on any atom is -0.493 e. The number of aromatic nitrogens is 1. The molecule has 356 valence electrons. The molecule has 3 amide bonds. The van der Waals surface area contributed by atoms with Crippen LogP contribution < -0.4 is 24.8 Å². The van der Waals surface area contributed by atoms with Gasteiger partial charge in [-0.2, -0.15) is 0 Å². The first-order chi connectivity index (χ1) is 31.6. The summed E-state index contributed by atoms with van der Waals surface area (Å²) in [5.74, 6) is -2.27. The normalized spacial score (nSPS) is 12.2. The van der Waals surface area contributed by atoms with E-state index in [0.717, 1.165) is 40.5 Å². The summed E-state index contributed by atoms with van der Waals surface area (Å²) in [6, 6.07) is 17.0. The molecule has 0 aliphatic heterocycles. The Labute approximate surface area is 386 Å². The van der Waals surface area contributed by atoms with Crippen LogP contribution in [0.2, 0.25) is 0 Å². The molecule has 1 heterocycles. The molecule has 3 N–H and O–H groups in total. The summed E-state index contributed by atoms with van der Waals surface area (Å²) < 4.78 is 23.8. The van der Waals surface area contributed by atoms with E-state index in [1.165, 1.54) is 18.9 Å². The molecule has 0 saturated heterocycles. The zero-order chi connectivity index (χ0) is 48.0. The van der Waals surface area contributed by atoms with Crippen molar-refractivity contribution >= 4 is 79.3 Å². The Morgan fingerprint density at radius 1 is 0.712 bits per heavy atom. The molecule has 1 aromatic heterocycles. The smallest absolute Gasteiger partial charge is 0.329 e. The number of fused-ring (bicyclic) bond motifs is 3. The number of esters is 1. The highest BCUT2D eigenvalue weighted by Crippen LogP contribution is 2.33. The molecule has 0 aliphatic carbocycles. The Balaban J connectivity index is 1.65. The number of amides is 3. The molecule has 3 aromatic carbocycles. The lowest BCUT2D eigenvalue weighted by molar-refractivity contribution is -0.757. The number of para-hydroxylation sites is 3. The Morgan fingerprint density at radius 2 is 1.27 bits per heavy atom. The van der Waals surface area contributed by atoms with Crippen molar-refractivity contribution in [3.63, 3.8) is 0 Å². The van der Waals surface area contributed by atoms with E-state index in [1.54, 1.807) is 36.4 Å². The summed E-state index contributed by atoms with van der Waals surface area (Å²) in [6.45, 7) is 0.663. The Hall–Kier alpha value is -6.82. The van der Waals surface area contributed by atoms with Crippen LogP contribution in [0, 0.1) is 20.2 Å². The van der Waals surface area contributed by atoms with E-state index in [2.05, 4.69) is 25.3 Å². The van der Waals surface area contributed by atoms with Crippen LogP contribution in [0.15, 0.2) is 66.7 Å². The lowest BCUT2D eigenvalue weighted by Gasteiger charge is -2.31. The van der Waals surface area contributed by atoms with Gasteiger partial charge in [0, 0.05) is 54.5 Å². The number of aromatic amines is 1. The zero-order valence-electron chi connectivity index (χ0n) is 36.3. The van der Waals surface area contributed by atoms with Crippen LogP contribution in [0.3, 0.4) is 0 Å². The van der Waals surface area contributed by atoms with E-state index in [0.29, 0.717) is 29.0 Å². The van der Waals surface area contributed by atoms with Crippen molar-refractivity contribution in [1.29, 1.82) is 0 Å². The van der Waals surface area contributed by atoms with Gasteiger partial charge in [0.15, 0.2) is 27.8 Å². The second-order valence-electron chi connectivity index (χ2n) is 14.2. The number of ether oxygens (including phenoxy) is 4. The van der Waals surface area contributed by atoms with Gasteiger partial charge in [0.1, 0.15) is 31.0 Å². The molecule has 24 heteroatoms. The van der Waals surface area contributed by atoms with Gasteiger partial charge >= 0.3 is 5.97 Å². The number of hydrogen-bond donors (Lipinski definition) is 3. The predicted molar refractivity (Wildman–Crippen MR) is 241 cm³/mol. The quantitative estimate of drug-likeness (QED) is 0.0300. The Kier molecular flexibility index (Phi) is 21.1. The summed E-state index contributed by atoms with van der Waals surface area (Å²) in [4.78, 5) is 113. The largest absolute Gasteiger partial charge is 0.493 e. The Morgan fingerprint density at radius 3 is 1.89 bits per heavy atom. The lowest BCUT2D eigenvalue weighted by atomic mass is 10.1. The third-order valence-corrected chi connectivity index (χ3v) is 11.3. The van der Waals surface area contributed by atoms with Crippen LogP contribution in [0.25, 0.3) is 21.8 Å². The number of rotatable bonds is 29. The minimum atomic E-state index is -1.38. The van der Waals surface area contributed by atoms with Crippen molar-refractivity contribution in [3.05, 3.63) is 87.0 Å². The molecular weight excluding hydrogens is 909 g/mol. The first kappa shape index (κ1) is 51.8. The fourth-order valence-electron chi connectivity index (χ4n) is 6.35. The number of thioether (sulfide) groups is 2. The number of methoxy groups -OCH3 is 1. The maximum absolute atomic E-state index is 14.6. The molecule has 4 aromatic rings. The second-order valence-corrected chi connectivity index (χ2v) is 16.4. The highest BCUT2D eigenvalue weighted by atomic mass is 32.2. The number of nitrogens with zero attached hydrogens (tertiary/aromatic N) is 3. The maximum atomic E-state index is 14.6. The third-order valence-electron chi connectivity index (χ3n) is 9.23. The fraction of sp³-hybridized carbons (Fsp3) is 0.429. The molecule has 3 unspecified atom stereocenters. The molecule has 0 saturated carbocycles. The van der Waals surface area contributed by atoms with Gasteiger partial charge in [-0.1, -0.05) is 59.9 Å². The third kappa shape index (κ3) is 17.3. The van der Waals surface area contributed by atoms with Crippen molar-refractivity contribution in [1.82, 2.24) is 20.5 Å². The first-order valence-electron chi connectivity index (χ1n) is 20.4. The highest BCUT2D eigenvalue weighted by molar-refractivity contribution is 8.13. The monoisotopic (exact) mass is 958 g/mol. The van der Waals surface area contributed by atoms with E-state index in [1.807, 2.05) is 30.3 Å². The second kappa shape index (κ2) is 26.8. The molecule has 22 nitrogen and oxygen atoms in total. The van der Waals surface area contributed by atoms with E-state index in [9.17, 15) is 49.0 Å². The van der Waals surface area contributed by atoms with Crippen molar-refractivity contribution in [2.75, 3.05) is 58.1 Å². The minimum absolute atomic E-state index is 0.0281. The number of nitrogens with one attached hydrogen (secondary N) is 3. The van der Waals surface area contributed by atoms with E-state index >= 15 is 0 Å². The van der Waals surface area contributed by atoms with E-state index in [4.69, 9.17) is 18.9 Å². The summed E-state index contributed by atoms with van der Waals surface area (Å²) in [5, 5.41) is 24.8. The number of benzene rings is 3. The number of H-pyrrole nitrogens is 1. The molecule has 0 spiro atoms. The van der Waals surface area contributed by atoms with Crippen LogP contribution in [0.5, 0.6) is 17.2 Å². The van der Waals surface area contributed by atoms with Crippen molar-refractivity contribution in [3.8, 4) is 17.2 Å². The van der Waals surface area contributed by atoms with Gasteiger partial charge in [0.25, 0.3) is 10.2 Å². The lowest BCUT2D eigenvalue weighted by Crippen LogP contribution is -2.54. The molecular formula is C42H50N6O16S2. The van der Waals surface area contributed by atoms with Crippen molar-refractivity contribution in [2.24, 2.45) is 0 Å². The van der Waals surface area contributed by atoms with Gasteiger partial charge in [-0.05, 0) is 43.2 Å². The van der Waals surface area contributed by atoms with Crippen LogP contribution in [-0.4, -0.2) is 130 Å². The van der Waals surface area contributed by atoms with Crippen LogP contribution in [0.4, 0.5) is 0 Å². The van der Waals surface area contributed by atoms with Gasteiger partial charge in [-0.3, -0.25) is 24.0 Å². The predicted octanol–water partition coefficient (Wildman–Crippen LogP) is 4.03. The van der Waals surface area contributed by atoms with Gasteiger partial charge in [-0.15, -0.1) is 20.2 Å². The van der Waals surface area contributed by atoms with E-state index in [-0.39, 0.29) is 76.7 Å². The summed E-state index contributed by atoms with van der Waals surface area (Å²) >= 11 is 1.42. The Bertz CT molecular complexity index is 2330. The summed E-state index contributed by atoms with van der Waals surface area (Å²) in [6.07, 6.45) is -1.48. The zero-order valence-corrected chi connectivity index (χ0v) is 37.9. The average Bonchev–Trinajstić information content (AvgIpc) is 3.67. The maximum Gasteiger partial charge on any atom is 0.329 e. The van der Waals surface area contributed by atoms with Gasteiger partial charge in [-0.25, -0.2) is 4.79 Å². The SMILES string of the molecule is COc1ccccc1OCCN(CC(COc1cccc2[nH]c3ccccc3c12)OC(=O)C(CSC(=O)CCCO[N+](=O)[O-])NC(C)=O)C(=O)C(CSC(=O)CCCO[N+](=O)[O-])NC(C)=O. The summed E-state index contributed by atoms with van der Waals surface area (Å²) in [7, 11) is 1.46. The molecule has 0 aliphatic rings. The van der Waals surface area contributed by atoms with Crippen molar-refractivity contribution < 1.29 is 67.6 Å². The molecule has 0 fully saturated rings. The molecule has 3 atom stereocenters. The van der Waals surface area contributed by atoms with Crippen LogP contribution in [0.1, 0.15) is 39.5 Å². The average molecular weight is 959 g/mol. The molecule has 66 heavy (non-hydrogen) atoms. The molecule has 0 radical (unpaired) electrons. The first-order valence-corrected chi connectivity index (χ1v) is 22.4. The van der Waals surface area contributed by atoms with E-state index < -0.39 is 62.3 Å². The fourth-order valence-corrected chi connectivity index (χ4v) is 8.07. The molecule has 4 rings (SSSR count). The number of hydrogen-bond acceptors (Lipinski definition) is 18. The van der Waals surface area contributed by atoms with Crippen LogP contribution in [-0.2, 0) is 43.2 Å². The van der Waals surface area contributed by atoms with Gasteiger partial charge in [0.2, 0.25) is 17.7 Å². The molecule has 0 bridgehead atoms. The standard InChI is InChI=1S/C42H50N6O16S2/c1-27(49)43-33(25-65-38(51)17-9-20-62-47(55)56)41(53)46(19-22-60-36-15-7-6-14-35(36)59-3)23-29(24-61-37-16-8-13-32-40(37)30-11-4-5-12-31(30)45-32)64-42(54)34(44-28(2)50)26-66-39(52)18-10-21-63-48(57)58/h4-8,11-16,29,33-34,45H,9-10,17-26H2,1-3H3,(H,43,49)(H,44,50). The number of carbonyl (C=O) groups is 6. The summed E-state index contributed by atoms with van der Waals surface area (Å²) in [5.41, 5.74) is 1.58. The van der Waals surface area contributed by atoms with Gasteiger partial charge < -0.3 is 49.1 Å². The number of carbonyl (C=O) groups excluding carboxylic acids is 6. The topological polar surface area (TPSA) is 287 Å². The highest BCUT2D eigenvalue weighted by Gasteiger charge is 2.32. The van der Waals surface area contributed by atoms with Gasteiger partial charge in [0.05, 0.1) is 38.9 Å². The van der Waals surface area contributed by atoms with Crippen molar-refractivity contribution in [2.45, 2.75) is 57.7 Å². The van der Waals surface area contributed by atoms with Crippen LogP contribution >= 0.6 is 23.5 Å².